The van der Waals surface area contributed by atoms with E-state index < -0.39 is 0 Å². The minimum atomic E-state index is 0.531. The summed E-state index contributed by atoms with van der Waals surface area (Å²) in [7, 11) is 0. The minimum absolute atomic E-state index is 0.531. The molecular formula is C17H22N2. The van der Waals surface area contributed by atoms with E-state index in [4.69, 9.17) is 5.73 Å². The van der Waals surface area contributed by atoms with E-state index in [-0.39, 0.29) is 0 Å². The van der Waals surface area contributed by atoms with Crippen molar-refractivity contribution in [1.82, 2.24) is 0 Å². The molecule has 2 rings (SSSR count). The number of nitrogens with two attached hydrogens (primary N) is 1. The van der Waals surface area contributed by atoms with E-state index in [1.807, 2.05) is 0 Å². The molecule has 0 aliphatic heterocycles. The van der Waals surface area contributed by atoms with Gasteiger partial charge in [0, 0.05) is 18.8 Å². The fraction of sp³-hybridized carbons (Fsp3) is 0.294. The Morgan fingerprint density at radius 1 is 0.947 bits per heavy atom. The van der Waals surface area contributed by atoms with Gasteiger partial charge in [-0.1, -0.05) is 56.3 Å². The monoisotopic (exact) mass is 254 g/mol. The van der Waals surface area contributed by atoms with Crippen LogP contribution in [0.1, 0.15) is 36.5 Å². The lowest BCUT2D eigenvalue weighted by Crippen LogP contribution is -2.03. The van der Waals surface area contributed by atoms with Gasteiger partial charge in [0.15, 0.2) is 0 Å². The zero-order valence-corrected chi connectivity index (χ0v) is 11.7. The molecule has 0 aliphatic carbocycles. The van der Waals surface area contributed by atoms with Gasteiger partial charge in [-0.05, 0) is 28.7 Å². The van der Waals surface area contributed by atoms with E-state index in [1.165, 1.54) is 22.4 Å². The van der Waals surface area contributed by atoms with Gasteiger partial charge in [0.1, 0.15) is 0 Å². The second-order valence-corrected chi connectivity index (χ2v) is 5.12. The number of anilines is 1. The Morgan fingerprint density at radius 3 is 2.21 bits per heavy atom. The number of para-hydroxylation sites is 1. The average molecular weight is 254 g/mol. The van der Waals surface area contributed by atoms with Gasteiger partial charge >= 0.3 is 0 Å². The maximum Gasteiger partial charge on any atom is 0.0400 e. The van der Waals surface area contributed by atoms with E-state index in [0.717, 1.165) is 6.54 Å². The maximum atomic E-state index is 5.60. The Kier molecular flexibility index (Phi) is 4.58. The lowest BCUT2D eigenvalue weighted by molar-refractivity contribution is 0.865. The van der Waals surface area contributed by atoms with Gasteiger partial charge in [-0.3, -0.25) is 0 Å². The molecule has 0 radical (unpaired) electrons. The fourth-order valence-electron chi connectivity index (χ4n) is 2.15. The molecule has 2 aromatic rings. The molecule has 0 unspecified atom stereocenters. The third-order valence-electron chi connectivity index (χ3n) is 3.32. The second kappa shape index (κ2) is 6.39. The largest absolute Gasteiger partial charge is 0.381 e. The maximum absolute atomic E-state index is 5.60. The summed E-state index contributed by atoms with van der Waals surface area (Å²) in [6.45, 7) is 5.88. The highest BCUT2D eigenvalue weighted by molar-refractivity contribution is 5.52. The normalized spacial score (nSPS) is 10.7. The van der Waals surface area contributed by atoms with Crippen LogP contribution < -0.4 is 11.1 Å². The topological polar surface area (TPSA) is 38.0 Å². The molecule has 0 spiro atoms. The van der Waals surface area contributed by atoms with E-state index in [9.17, 15) is 0 Å². The van der Waals surface area contributed by atoms with Crippen LogP contribution in [0.2, 0.25) is 0 Å². The van der Waals surface area contributed by atoms with Gasteiger partial charge in [0.25, 0.3) is 0 Å². The molecule has 0 saturated carbocycles. The first kappa shape index (κ1) is 13.6. The summed E-state index contributed by atoms with van der Waals surface area (Å²) in [4.78, 5) is 0. The van der Waals surface area contributed by atoms with Crippen molar-refractivity contribution in [3.63, 3.8) is 0 Å². The van der Waals surface area contributed by atoms with Crippen LogP contribution in [-0.2, 0) is 13.1 Å². The first-order chi connectivity index (χ1) is 9.20. The Hall–Kier alpha value is -1.80. The molecular weight excluding hydrogens is 232 g/mol. The summed E-state index contributed by atoms with van der Waals surface area (Å²) in [5.41, 5.74) is 10.6. The Balaban J connectivity index is 2.05. The summed E-state index contributed by atoms with van der Waals surface area (Å²) in [6.07, 6.45) is 0. The van der Waals surface area contributed by atoms with E-state index in [2.05, 4.69) is 67.7 Å². The van der Waals surface area contributed by atoms with Crippen LogP contribution in [0, 0.1) is 0 Å². The highest BCUT2D eigenvalue weighted by Gasteiger charge is 2.05. The first-order valence-corrected chi connectivity index (χ1v) is 6.81. The fourth-order valence-corrected chi connectivity index (χ4v) is 2.15. The number of hydrogen-bond acceptors (Lipinski definition) is 2. The van der Waals surface area contributed by atoms with Gasteiger partial charge in [-0.25, -0.2) is 0 Å². The van der Waals surface area contributed by atoms with Gasteiger partial charge in [-0.2, -0.15) is 0 Å². The van der Waals surface area contributed by atoms with E-state index in [1.54, 1.807) is 0 Å². The predicted molar refractivity (Wildman–Crippen MR) is 82.2 cm³/mol. The van der Waals surface area contributed by atoms with Crippen LogP contribution >= 0.6 is 0 Å². The number of rotatable bonds is 5. The Bertz CT molecular complexity index is 515. The van der Waals surface area contributed by atoms with Crippen molar-refractivity contribution in [2.45, 2.75) is 32.9 Å². The highest BCUT2D eigenvalue weighted by atomic mass is 14.9. The molecule has 0 atom stereocenters. The quantitative estimate of drug-likeness (QED) is 0.849. The molecule has 100 valence electrons. The van der Waals surface area contributed by atoms with Crippen LogP contribution in [0.25, 0.3) is 0 Å². The summed E-state index contributed by atoms with van der Waals surface area (Å²) in [6, 6.07) is 16.9. The van der Waals surface area contributed by atoms with Crippen molar-refractivity contribution in [3.05, 3.63) is 65.2 Å². The molecule has 0 fully saturated rings. The van der Waals surface area contributed by atoms with Crippen molar-refractivity contribution in [2.24, 2.45) is 5.73 Å². The van der Waals surface area contributed by atoms with Crippen LogP contribution in [0.3, 0.4) is 0 Å². The minimum Gasteiger partial charge on any atom is -0.381 e. The molecule has 0 aliphatic rings. The summed E-state index contributed by atoms with van der Waals surface area (Å²) in [5.74, 6) is 0.531. The summed E-state index contributed by atoms with van der Waals surface area (Å²) in [5, 5.41) is 3.52. The Labute approximate surface area is 115 Å². The van der Waals surface area contributed by atoms with Gasteiger partial charge in [-0.15, -0.1) is 0 Å². The molecule has 0 heterocycles. The zero-order valence-electron chi connectivity index (χ0n) is 11.7. The van der Waals surface area contributed by atoms with Crippen molar-refractivity contribution in [3.8, 4) is 0 Å². The molecule has 0 aromatic heterocycles. The molecule has 0 amide bonds. The predicted octanol–water partition coefficient (Wildman–Crippen LogP) is 3.88. The van der Waals surface area contributed by atoms with Crippen molar-refractivity contribution < 1.29 is 0 Å². The van der Waals surface area contributed by atoms with E-state index >= 15 is 0 Å². The zero-order chi connectivity index (χ0) is 13.7. The number of benzene rings is 2. The average Bonchev–Trinajstić information content (AvgIpc) is 2.46. The van der Waals surface area contributed by atoms with Crippen molar-refractivity contribution in [1.29, 1.82) is 0 Å². The molecule has 3 N–H and O–H groups in total. The molecule has 2 nitrogen and oxygen atoms in total. The summed E-state index contributed by atoms with van der Waals surface area (Å²) >= 11 is 0. The highest BCUT2D eigenvalue weighted by Crippen LogP contribution is 2.24. The number of hydrogen-bond donors (Lipinski definition) is 2. The second-order valence-electron chi connectivity index (χ2n) is 5.12. The third kappa shape index (κ3) is 3.58. The lowest BCUT2D eigenvalue weighted by atomic mass is 10.0. The summed E-state index contributed by atoms with van der Waals surface area (Å²) < 4.78 is 0. The van der Waals surface area contributed by atoms with Crippen molar-refractivity contribution >= 4 is 5.69 Å². The SMILES string of the molecule is CC(C)c1ccccc1NCc1ccc(CN)cc1. The Morgan fingerprint density at radius 2 is 1.58 bits per heavy atom. The smallest absolute Gasteiger partial charge is 0.0400 e. The third-order valence-corrected chi connectivity index (χ3v) is 3.32. The molecule has 2 heteroatoms. The van der Waals surface area contributed by atoms with Crippen LogP contribution in [-0.4, -0.2) is 0 Å². The first-order valence-electron chi connectivity index (χ1n) is 6.81. The lowest BCUT2D eigenvalue weighted by Gasteiger charge is -2.14. The standard InChI is InChI=1S/C17H22N2/c1-13(2)16-5-3-4-6-17(16)19-12-15-9-7-14(11-18)8-10-15/h3-10,13,19H,11-12,18H2,1-2H3. The molecule has 2 aromatic carbocycles. The molecule has 0 saturated heterocycles. The van der Waals surface area contributed by atoms with Crippen LogP contribution in [0.4, 0.5) is 5.69 Å². The van der Waals surface area contributed by atoms with Crippen LogP contribution in [0.5, 0.6) is 0 Å². The molecule has 19 heavy (non-hydrogen) atoms. The van der Waals surface area contributed by atoms with E-state index in [0.29, 0.717) is 12.5 Å². The number of nitrogens with one attached hydrogen (secondary N) is 1. The van der Waals surface area contributed by atoms with Crippen molar-refractivity contribution in [2.75, 3.05) is 5.32 Å². The molecule has 0 bridgehead atoms. The van der Waals surface area contributed by atoms with Crippen LogP contribution in [0.15, 0.2) is 48.5 Å². The van der Waals surface area contributed by atoms with Gasteiger partial charge in [0.2, 0.25) is 0 Å². The van der Waals surface area contributed by atoms with Gasteiger partial charge < -0.3 is 11.1 Å². The van der Waals surface area contributed by atoms with Gasteiger partial charge in [0.05, 0.1) is 0 Å².